The third kappa shape index (κ3) is 8.15. The molecule has 2 aliphatic rings. The number of nitrogens with one attached hydrogen (secondary N) is 2. The molecule has 9 heteroatoms. The van der Waals surface area contributed by atoms with Gasteiger partial charge in [0.05, 0.1) is 17.7 Å². The fraction of sp³-hybridized carbons (Fsp3) is 0.467. The summed E-state index contributed by atoms with van der Waals surface area (Å²) in [7, 11) is 0. The van der Waals surface area contributed by atoms with Crippen molar-refractivity contribution in [3.05, 3.63) is 67.2 Å². The van der Waals surface area contributed by atoms with Crippen LogP contribution in [-0.2, 0) is 6.18 Å². The molecule has 1 heterocycles. The molecule has 5 rings (SSSR count). The maximum atomic E-state index is 13.7. The topological polar surface area (TPSA) is 46.2 Å². The number of alkyl halides is 3. The first kappa shape index (κ1) is 33.0. The molecule has 1 aromatic heterocycles. The smallest absolute Gasteiger partial charge is 0.416 e. The second kappa shape index (κ2) is 13.9. The van der Waals surface area contributed by atoms with Crippen LogP contribution in [0.5, 0.6) is 5.75 Å². The number of pyridine rings is 1. The van der Waals surface area contributed by atoms with E-state index in [2.05, 4.69) is 15.6 Å². The molecule has 214 valence electrons. The van der Waals surface area contributed by atoms with Crippen molar-refractivity contribution >= 4 is 47.1 Å². The van der Waals surface area contributed by atoms with E-state index in [9.17, 15) is 13.2 Å². The lowest BCUT2D eigenvalue weighted by Crippen LogP contribution is -2.51. The molecular weight excluding hydrogens is 546 g/mol. The number of benzene rings is 2. The van der Waals surface area contributed by atoms with Crippen LogP contribution >= 0.6 is 24.8 Å². The average Bonchev–Trinajstić information content (AvgIpc) is 2.83. The molecule has 2 bridgehead atoms. The van der Waals surface area contributed by atoms with Gasteiger partial charge in [-0.15, -0.1) is 24.8 Å². The summed E-state index contributed by atoms with van der Waals surface area (Å²) in [6.07, 6.45) is 5.30. The zero-order valence-corrected chi connectivity index (χ0v) is 23.9. The van der Waals surface area contributed by atoms with Crippen LogP contribution in [-0.4, -0.2) is 23.7 Å². The minimum atomic E-state index is -4.47. The number of halogens is 5. The van der Waals surface area contributed by atoms with Crippen LogP contribution in [0.1, 0.15) is 62.6 Å². The van der Waals surface area contributed by atoms with Crippen LogP contribution in [0.25, 0.3) is 10.9 Å². The van der Waals surface area contributed by atoms with Gasteiger partial charge in [0.15, 0.2) is 0 Å². The Morgan fingerprint density at radius 2 is 1.74 bits per heavy atom. The number of rotatable bonds is 8. The molecule has 0 atom stereocenters. The first-order valence-corrected chi connectivity index (χ1v) is 13.0. The fourth-order valence-electron chi connectivity index (χ4n) is 6.04. The number of aryl methyl sites for hydroxylation is 1. The standard InChI is InChI=1S/C29H34F3N3O.CH2.2ClH/c1-20-15-27(25-9-2-3-10-26(25)34-20)35-23-16-22(29(30,31)32)17-24(18-23)36-14-6-13-33-28-11-4-7-21(19-28)8-5-12-28;;;/h2-3,9-10,15-18,21,33H,4-8,11-14,19H2,1H3,(H,34,35);1H2;2*1H. The van der Waals surface area contributed by atoms with Gasteiger partial charge in [0.25, 0.3) is 0 Å². The Bertz CT molecular complexity index is 1210. The molecule has 39 heavy (non-hydrogen) atoms. The highest BCUT2D eigenvalue weighted by molar-refractivity contribution is 5.93. The lowest BCUT2D eigenvalue weighted by molar-refractivity contribution is -0.137. The van der Waals surface area contributed by atoms with E-state index in [1.807, 2.05) is 37.3 Å². The Hall–Kier alpha value is -2.22. The van der Waals surface area contributed by atoms with Crippen LogP contribution in [0.3, 0.4) is 0 Å². The molecule has 2 fully saturated rings. The van der Waals surface area contributed by atoms with Crippen molar-refractivity contribution < 1.29 is 17.9 Å². The molecule has 2 aromatic carbocycles. The predicted octanol–water partition coefficient (Wildman–Crippen LogP) is 8.95. The Morgan fingerprint density at radius 1 is 1.03 bits per heavy atom. The molecule has 2 N–H and O–H groups in total. The number of aromatic nitrogens is 1. The highest BCUT2D eigenvalue weighted by atomic mass is 35.5. The van der Waals surface area contributed by atoms with E-state index in [-0.39, 0.29) is 43.5 Å². The quantitative estimate of drug-likeness (QED) is 0.260. The highest BCUT2D eigenvalue weighted by Gasteiger charge is 2.38. The van der Waals surface area contributed by atoms with E-state index in [1.54, 1.807) is 6.07 Å². The van der Waals surface area contributed by atoms with Crippen LogP contribution in [0.2, 0.25) is 0 Å². The average molecular weight is 585 g/mol. The van der Waals surface area contributed by atoms with Gasteiger partial charge in [-0.3, -0.25) is 4.98 Å². The summed E-state index contributed by atoms with van der Waals surface area (Å²) in [5.41, 5.74) is 2.16. The highest BCUT2D eigenvalue weighted by Crippen LogP contribution is 2.42. The summed E-state index contributed by atoms with van der Waals surface area (Å²) in [5.74, 6) is 1.07. The Balaban J connectivity index is 0.00000178. The summed E-state index contributed by atoms with van der Waals surface area (Å²) in [6, 6.07) is 13.3. The van der Waals surface area contributed by atoms with Crippen LogP contribution < -0.4 is 15.4 Å². The van der Waals surface area contributed by atoms with E-state index in [1.165, 1.54) is 44.9 Å². The minimum Gasteiger partial charge on any atom is -0.493 e. The van der Waals surface area contributed by atoms with Gasteiger partial charge in [-0.2, -0.15) is 13.2 Å². The summed E-state index contributed by atoms with van der Waals surface area (Å²) in [4.78, 5) is 4.51. The van der Waals surface area contributed by atoms with Gasteiger partial charge in [-0.25, -0.2) is 0 Å². The van der Waals surface area contributed by atoms with Gasteiger partial charge in [-0.05, 0) is 69.3 Å². The number of nitrogens with zero attached hydrogens (tertiary/aromatic N) is 1. The summed E-state index contributed by atoms with van der Waals surface area (Å²) in [5, 5.41) is 7.80. The number of fused-ring (bicyclic) bond motifs is 3. The van der Waals surface area contributed by atoms with Gasteiger partial charge < -0.3 is 15.4 Å². The van der Waals surface area contributed by atoms with E-state index in [0.29, 0.717) is 18.0 Å². The first-order chi connectivity index (χ1) is 17.3. The maximum absolute atomic E-state index is 13.7. The van der Waals surface area contributed by atoms with Gasteiger partial charge in [0.2, 0.25) is 0 Å². The third-order valence-corrected chi connectivity index (χ3v) is 7.66. The van der Waals surface area contributed by atoms with Crippen molar-refractivity contribution in [2.45, 2.75) is 70.0 Å². The van der Waals surface area contributed by atoms with Crippen molar-refractivity contribution in [3.8, 4) is 5.75 Å². The van der Waals surface area contributed by atoms with Crippen molar-refractivity contribution in [2.75, 3.05) is 18.5 Å². The fourth-order valence-corrected chi connectivity index (χ4v) is 6.04. The van der Waals surface area contributed by atoms with Gasteiger partial charge in [0.1, 0.15) is 5.75 Å². The SMILES string of the molecule is Cc1cc(Nc2cc(OCCCNC34CCCC(CCC3)C4)cc(C(F)(F)F)c2)c2ccccc2n1.Cl.Cl.[CH2]. The molecule has 3 aromatic rings. The van der Waals surface area contributed by atoms with Crippen LogP contribution in [0.4, 0.5) is 24.5 Å². The molecule has 2 aliphatic carbocycles. The normalized spacial score (nSPS) is 20.3. The van der Waals surface area contributed by atoms with Gasteiger partial charge >= 0.3 is 6.18 Å². The molecule has 4 nitrogen and oxygen atoms in total. The van der Waals surface area contributed by atoms with E-state index >= 15 is 0 Å². The third-order valence-electron chi connectivity index (χ3n) is 7.66. The number of hydrogen-bond acceptors (Lipinski definition) is 4. The van der Waals surface area contributed by atoms with Crippen LogP contribution in [0.15, 0.2) is 48.5 Å². The summed E-state index contributed by atoms with van der Waals surface area (Å²) < 4.78 is 46.8. The number of para-hydroxylation sites is 1. The number of anilines is 2. The van der Waals surface area contributed by atoms with Gasteiger partial charge in [0, 0.05) is 34.1 Å². The van der Waals surface area contributed by atoms with Gasteiger partial charge in [-0.1, -0.05) is 51.3 Å². The lowest BCUT2D eigenvalue weighted by atomic mass is 9.67. The van der Waals surface area contributed by atoms with Crippen molar-refractivity contribution in [2.24, 2.45) is 5.92 Å². The zero-order valence-electron chi connectivity index (χ0n) is 22.3. The number of hydrogen-bond donors (Lipinski definition) is 2. The molecule has 0 aliphatic heterocycles. The molecule has 0 spiro atoms. The molecule has 0 amide bonds. The first-order valence-electron chi connectivity index (χ1n) is 13.0. The minimum absolute atomic E-state index is 0. The van der Waals surface area contributed by atoms with E-state index < -0.39 is 11.7 Å². The predicted molar refractivity (Wildman–Crippen MR) is 158 cm³/mol. The largest absolute Gasteiger partial charge is 0.493 e. The Kier molecular flexibility index (Phi) is 11.8. The van der Waals surface area contributed by atoms with Crippen LogP contribution in [0, 0.1) is 20.3 Å². The Morgan fingerprint density at radius 3 is 2.46 bits per heavy atom. The lowest BCUT2D eigenvalue weighted by Gasteiger charge is -2.46. The molecule has 2 saturated carbocycles. The van der Waals surface area contributed by atoms with Crippen molar-refractivity contribution in [1.82, 2.24) is 10.3 Å². The molecule has 0 unspecified atom stereocenters. The Labute approximate surface area is 242 Å². The second-order valence-corrected chi connectivity index (χ2v) is 10.5. The number of ether oxygens (including phenoxy) is 1. The van der Waals surface area contributed by atoms with Crippen molar-refractivity contribution in [1.29, 1.82) is 0 Å². The van der Waals surface area contributed by atoms with E-state index in [4.69, 9.17) is 4.74 Å². The zero-order chi connectivity index (χ0) is 25.2. The summed E-state index contributed by atoms with van der Waals surface area (Å²) in [6.45, 7) is 3.05. The molecule has 2 radical (unpaired) electrons. The van der Waals surface area contributed by atoms with Crippen molar-refractivity contribution in [3.63, 3.8) is 0 Å². The summed E-state index contributed by atoms with van der Waals surface area (Å²) >= 11 is 0. The second-order valence-electron chi connectivity index (χ2n) is 10.5. The molecular formula is C30H38Cl2F3N3O. The monoisotopic (exact) mass is 583 g/mol. The molecule has 0 saturated heterocycles. The van der Waals surface area contributed by atoms with E-state index in [0.717, 1.165) is 47.6 Å². The maximum Gasteiger partial charge on any atom is 0.416 e.